The van der Waals surface area contributed by atoms with E-state index in [0.717, 1.165) is 74.6 Å². The van der Waals surface area contributed by atoms with E-state index in [1.54, 1.807) is 29.2 Å². The Morgan fingerprint density at radius 3 is 2.57 bits per heavy atom. The van der Waals surface area contributed by atoms with Crippen molar-refractivity contribution in [1.82, 2.24) is 4.90 Å². The van der Waals surface area contributed by atoms with E-state index in [4.69, 9.17) is 28.9 Å². The zero-order chi connectivity index (χ0) is 39.2. The van der Waals surface area contributed by atoms with E-state index in [9.17, 15) is 25.1 Å². The number of non-ortho nitro benzene ring substituents is 1. The van der Waals surface area contributed by atoms with Gasteiger partial charge in [0.1, 0.15) is 23.3 Å². The van der Waals surface area contributed by atoms with Gasteiger partial charge in [-0.1, -0.05) is 36.2 Å². The number of amides is 1. The molecule has 2 saturated carbocycles. The Morgan fingerprint density at radius 2 is 1.86 bits per heavy atom. The molecular weight excluding hydrogens is 718 g/mol. The number of allylic oxidation sites excluding steroid dienone is 1. The van der Waals surface area contributed by atoms with Crippen molar-refractivity contribution in [3.05, 3.63) is 82.4 Å². The van der Waals surface area contributed by atoms with Gasteiger partial charge in [-0.05, 0) is 93.0 Å². The Bertz CT molecular complexity index is 1790. The van der Waals surface area contributed by atoms with Gasteiger partial charge in [-0.3, -0.25) is 14.9 Å². The molecule has 0 aromatic heterocycles. The predicted octanol–water partition coefficient (Wildman–Crippen LogP) is 7.42. The molecule has 7 atom stereocenters. The fraction of sp³-hybridized carbons (Fsp3) is 0.581. The van der Waals surface area contributed by atoms with Crippen LogP contribution in [0.5, 0.6) is 17.2 Å². The van der Waals surface area contributed by atoms with Gasteiger partial charge in [-0.15, -0.1) is 6.58 Å². The SMILES string of the molecule is C=CCO[C@@]12Oc3ccc(Oc4cccc([N+](=O)[O-])c4)cc3[C@H]3[C@H](CCCCO)[C@@H](CCCCO)C=C(C(=NOC4CCCCO4)C[C@@H]1N(C)C(=O)C1CC1)[C@H]32. The highest BCUT2D eigenvalue weighted by atomic mass is 16.8. The number of nitro benzene ring substituents is 1. The average molecular weight is 774 g/mol. The van der Waals surface area contributed by atoms with Crippen molar-refractivity contribution in [3.8, 4) is 17.2 Å². The summed E-state index contributed by atoms with van der Waals surface area (Å²) in [5, 5.41) is 36.1. The lowest BCUT2D eigenvalue weighted by molar-refractivity contribution is -0.384. The minimum absolute atomic E-state index is 0.0449. The van der Waals surface area contributed by atoms with E-state index in [1.807, 2.05) is 19.2 Å². The van der Waals surface area contributed by atoms with Crippen molar-refractivity contribution >= 4 is 17.3 Å². The third kappa shape index (κ3) is 8.37. The van der Waals surface area contributed by atoms with E-state index >= 15 is 0 Å². The monoisotopic (exact) mass is 773 g/mol. The first-order valence-electron chi connectivity index (χ1n) is 20.3. The number of hydrogen-bond acceptors (Lipinski definition) is 11. The number of unbranched alkanes of at least 4 members (excludes halogenated alkanes) is 2. The van der Waals surface area contributed by atoms with E-state index < -0.39 is 29.0 Å². The first-order chi connectivity index (χ1) is 27.3. The molecular formula is C43H55N3O10. The smallest absolute Gasteiger partial charge is 0.273 e. The molecule has 2 heterocycles. The van der Waals surface area contributed by atoms with Crippen LogP contribution >= 0.6 is 0 Å². The lowest BCUT2D eigenvalue weighted by atomic mass is 9.55. The van der Waals surface area contributed by atoms with Crippen molar-refractivity contribution in [3.63, 3.8) is 0 Å². The molecule has 7 rings (SSSR count). The summed E-state index contributed by atoms with van der Waals surface area (Å²) in [7, 11) is 1.84. The second-order valence-electron chi connectivity index (χ2n) is 15.8. The summed E-state index contributed by atoms with van der Waals surface area (Å²) in [5.41, 5.74) is 2.50. The van der Waals surface area contributed by atoms with Crippen molar-refractivity contribution in [2.24, 2.45) is 28.8 Å². The Kier molecular flexibility index (Phi) is 12.7. The summed E-state index contributed by atoms with van der Waals surface area (Å²) in [6.07, 6.45) is 12.8. The third-order valence-electron chi connectivity index (χ3n) is 12.1. The number of carbonyl (C=O) groups is 1. The third-order valence-corrected chi connectivity index (χ3v) is 12.1. The zero-order valence-electron chi connectivity index (χ0n) is 32.3. The van der Waals surface area contributed by atoms with Gasteiger partial charge < -0.3 is 38.9 Å². The summed E-state index contributed by atoms with van der Waals surface area (Å²) in [4.78, 5) is 33.1. The van der Waals surface area contributed by atoms with Gasteiger partial charge in [0.05, 0.1) is 35.8 Å². The Balaban J connectivity index is 1.40. The van der Waals surface area contributed by atoms with Gasteiger partial charge in [-0.2, -0.15) is 0 Å². The number of nitrogens with zero attached hydrogens (tertiary/aromatic N) is 3. The first-order valence-corrected chi connectivity index (χ1v) is 20.3. The molecule has 0 radical (unpaired) electrons. The topological polar surface area (TPSA) is 162 Å². The van der Waals surface area contributed by atoms with Crippen LogP contribution in [0.1, 0.15) is 88.5 Å². The normalized spacial score (nSPS) is 28.6. The Hall–Kier alpha value is -4.30. The molecule has 5 aliphatic rings. The minimum Gasteiger partial charge on any atom is -0.459 e. The van der Waals surface area contributed by atoms with Gasteiger partial charge >= 0.3 is 0 Å². The highest BCUT2D eigenvalue weighted by Crippen LogP contribution is 2.62. The van der Waals surface area contributed by atoms with Crippen LogP contribution in [0.15, 0.2) is 71.9 Å². The summed E-state index contributed by atoms with van der Waals surface area (Å²) < 4.78 is 26.4. The number of ether oxygens (including phenoxy) is 4. The van der Waals surface area contributed by atoms with Crippen molar-refractivity contribution in [2.45, 2.75) is 101 Å². The summed E-state index contributed by atoms with van der Waals surface area (Å²) in [5.74, 6) is -0.452. The lowest BCUT2D eigenvalue weighted by Crippen LogP contribution is -2.69. The van der Waals surface area contributed by atoms with Crippen LogP contribution in [0.4, 0.5) is 5.69 Å². The molecule has 0 spiro atoms. The number of rotatable bonds is 18. The molecule has 3 fully saturated rings. The predicted molar refractivity (Wildman–Crippen MR) is 208 cm³/mol. The van der Waals surface area contributed by atoms with Crippen LogP contribution in [-0.4, -0.2) is 83.2 Å². The number of aliphatic hydroxyl groups is 2. The molecule has 2 aromatic rings. The Labute approximate surface area is 328 Å². The van der Waals surface area contributed by atoms with Crippen molar-refractivity contribution < 1.29 is 43.7 Å². The number of oxime groups is 1. The van der Waals surface area contributed by atoms with Gasteiger partial charge in [0.15, 0.2) is 0 Å². The summed E-state index contributed by atoms with van der Waals surface area (Å²) >= 11 is 0. The van der Waals surface area contributed by atoms with E-state index in [2.05, 4.69) is 12.7 Å². The largest absolute Gasteiger partial charge is 0.459 e. The van der Waals surface area contributed by atoms with Crippen LogP contribution in [0, 0.1) is 33.8 Å². The molecule has 0 bridgehead atoms. The maximum atomic E-state index is 14.0. The molecule has 1 saturated heterocycles. The van der Waals surface area contributed by atoms with Gasteiger partial charge in [0.2, 0.25) is 18.0 Å². The van der Waals surface area contributed by atoms with Gasteiger partial charge in [0, 0.05) is 56.6 Å². The molecule has 2 N–H and O–H groups in total. The van der Waals surface area contributed by atoms with E-state index in [0.29, 0.717) is 43.1 Å². The number of aliphatic hydroxyl groups excluding tert-OH is 2. The second kappa shape index (κ2) is 17.9. The summed E-state index contributed by atoms with van der Waals surface area (Å²) in [6.45, 7) is 4.95. The number of benzene rings is 2. The number of nitro groups is 1. The number of likely N-dealkylation sites (N-methyl/N-ethyl adjacent to an activating group) is 1. The zero-order valence-corrected chi connectivity index (χ0v) is 32.3. The van der Waals surface area contributed by atoms with Gasteiger partial charge in [0.25, 0.3) is 5.69 Å². The highest BCUT2D eigenvalue weighted by molar-refractivity contribution is 6.03. The molecule has 13 heteroatoms. The van der Waals surface area contributed by atoms with E-state index in [1.165, 1.54) is 12.1 Å². The molecule has 13 nitrogen and oxygen atoms in total. The van der Waals surface area contributed by atoms with Crippen molar-refractivity contribution in [1.29, 1.82) is 0 Å². The molecule has 3 aliphatic carbocycles. The second-order valence-corrected chi connectivity index (χ2v) is 15.8. The molecule has 2 aromatic carbocycles. The fourth-order valence-electron chi connectivity index (χ4n) is 9.28. The first kappa shape index (κ1) is 39.9. The minimum atomic E-state index is -1.33. The standard InChI is InChI=1S/C43H55N3O10/c1-3-22-53-43-38(45(2)42(49)28-16-17-28)27-36(44-56-39-15-6-9-23-52-39)34-24-29(11-4-7-20-47)33(14-5-8-21-48)40(41(34)43)35-26-32(18-19-37(35)55-43)54-31-13-10-12-30(25-31)46(50)51/h3,10,12-13,18-19,24-26,28-29,33,38-41,47-48H,1,4-9,11,14-17,20-23,27H2,2H3/t29-,33+,38-,39?,40+,41+,43+/m0/s1. The quantitative estimate of drug-likeness (QED) is 0.0675. The number of hydrogen-bond donors (Lipinski definition) is 2. The van der Waals surface area contributed by atoms with Crippen LogP contribution in [0.3, 0.4) is 0 Å². The number of fused-ring (bicyclic) bond motifs is 2. The maximum Gasteiger partial charge on any atom is 0.273 e. The van der Waals surface area contributed by atoms with Gasteiger partial charge in [-0.25, -0.2) is 0 Å². The van der Waals surface area contributed by atoms with Crippen LogP contribution in [-0.2, 0) is 19.1 Å². The molecule has 2 aliphatic heterocycles. The number of carbonyl (C=O) groups excluding carboxylic acids is 1. The fourth-order valence-corrected chi connectivity index (χ4v) is 9.28. The lowest BCUT2D eigenvalue weighted by Gasteiger charge is -2.59. The average Bonchev–Trinajstić information content (AvgIpc) is 4.07. The summed E-state index contributed by atoms with van der Waals surface area (Å²) in [6, 6.07) is 11.2. The van der Waals surface area contributed by atoms with Crippen LogP contribution in [0.25, 0.3) is 0 Å². The highest BCUT2D eigenvalue weighted by Gasteiger charge is 2.65. The van der Waals surface area contributed by atoms with E-state index in [-0.39, 0.29) is 55.1 Å². The molecule has 1 amide bonds. The Morgan fingerprint density at radius 1 is 1.07 bits per heavy atom. The molecule has 56 heavy (non-hydrogen) atoms. The maximum absolute atomic E-state index is 14.0. The molecule has 302 valence electrons. The molecule has 1 unspecified atom stereocenters. The van der Waals surface area contributed by atoms with Crippen LogP contribution in [0.2, 0.25) is 0 Å². The van der Waals surface area contributed by atoms with Crippen LogP contribution < -0.4 is 9.47 Å². The van der Waals surface area contributed by atoms with Crippen molar-refractivity contribution in [2.75, 3.05) is 33.5 Å².